The standard InChI is InChI=1S/C16H18N2O3S3/c1-17(4-3-14(20)21)5-6-18(2)13-8-12-16(24-13)15-11(23-12)7-10(9-19)22-15/h7-9H,3-6H2,1-2H3,(H,20,21). The fourth-order valence-electron chi connectivity index (χ4n) is 2.42. The van der Waals surface area contributed by atoms with Crippen LogP contribution in [0.2, 0.25) is 0 Å². The molecule has 3 rings (SSSR count). The Hall–Kier alpha value is -1.48. The number of fused-ring (bicyclic) bond motifs is 3. The summed E-state index contributed by atoms with van der Waals surface area (Å²) in [6.07, 6.45) is 1.08. The average molecular weight is 383 g/mol. The lowest BCUT2D eigenvalue weighted by molar-refractivity contribution is -0.137. The number of aldehydes is 1. The van der Waals surface area contributed by atoms with Gasteiger partial charge in [0.1, 0.15) is 0 Å². The zero-order chi connectivity index (χ0) is 17.3. The number of likely N-dealkylation sites (N-methyl/N-ethyl adjacent to an activating group) is 2. The number of nitrogens with zero attached hydrogens (tertiary/aromatic N) is 2. The van der Waals surface area contributed by atoms with Gasteiger partial charge in [0.25, 0.3) is 0 Å². The number of anilines is 1. The topological polar surface area (TPSA) is 60.9 Å². The Morgan fingerprint density at radius 2 is 1.79 bits per heavy atom. The molecular weight excluding hydrogens is 364 g/mol. The molecule has 0 aliphatic rings. The summed E-state index contributed by atoms with van der Waals surface area (Å²) in [6.45, 7) is 2.23. The van der Waals surface area contributed by atoms with Crippen LogP contribution < -0.4 is 4.90 Å². The van der Waals surface area contributed by atoms with Crippen molar-refractivity contribution in [2.24, 2.45) is 0 Å². The number of thiophene rings is 3. The molecule has 0 spiro atoms. The maximum absolute atomic E-state index is 10.9. The van der Waals surface area contributed by atoms with Gasteiger partial charge in [0.05, 0.1) is 25.7 Å². The minimum atomic E-state index is -0.761. The monoisotopic (exact) mass is 382 g/mol. The molecule has 0 aromatic carbocycles. The van der Waals surface area contributed by atoms with Crippen molar-refractivity contribution < 1.29 is 14.7 Å². The molecule has 0 amide bonds. The Morgan fingerprint density at radius 3 is 2.50 bits per heavy atom. The smallest absolute Gasteiger partial charge is 0.304 e. The van der Waals surface area contributed by atoms with Crippen LogP contribution in [0.15, 0.2) is 12.1 Å². The highest BCUT2D eigenvalue weighted by molar-refractivity contribution is 7.39. The van der Waals surface area contributed by atoms with E-state index in [-0.39, 0.29) is 6.42 Å². The van der Waals surface area contributed by atoms with Gasteiger partial charge in [0, 0.05) is 36.1 Å². The van der Waals surface area contributed by atoms with Crippen LogP contribution in [0, 0.1) is 0 Å². The summed E-state index contributed by atoms with van der Waals surface area (Å²) in [7, 11) is 4.00. The normalized spacial score (nSPS) is 11.6. The fourth-order valence-corrected chi connectivity index (χ4v) is 6.25. The van der Waals surface area contributed by atoms with E-state index in [0.29, 0.717) is 6.54 Å². The molecule has 1 N–H and O–H groups in total. The second kappa shape index (κ2) is 7.18. The molecule has 8 heteroatoms. The molecule has 0 saturated carbocycles. The summed E-state index contributed by atoms with van der Waals surface area (Å²) < 4.78 is 4.92. The lowest BCUT2D eigenvalue weighted by Gasteiger charge is -2.21. The Balaban J connectivity index is 1.68. The lowest BCUT2D eigenvalue weighted by atomic mass is 10.4. The molecule has 0 bridgehead atoms. The Morgan fingerprint density at radius 1 is 1.08 bits per heavy atom. The molecule has 3 aromatic heterocycles. The summed E-state index contributed by atoms with van der Waals surface area (Å²) in [5.41, 5.74) is 0. The minimum absolute atomic E-state index is 0.171. The molecule has 24 heavy (non-hydrogen) atoms. The molecule has 0 radical (unpaired) electrons. The van der Waals surface area contributed by atoms with Crippen molar-refractivity contribution in [1.82, 2.24) is 4.90 Å². The Bertz CT molecular complexity index is 880. The molecule has 5 nitrogen and oxygen atoms in total. The number of carbonyl (C=O) groups is 2. The largest absolute Gasteiger partial charge is 0.481 e. The van der Waals surface area contributed by atoms with E-state index in [0.717, 1.165) is 24.3 Å². The van der Waals surface area contributed by atoms with Crippen molar-refractivity contribution in [3.05, 3.63) is 17.0 Å². The third kappa shape index (κ3) is 3.61. The maximum atomic E-state index is 10.9. The van der Waals surface area contributed by atoms with Crippen molar-refractivity contribution in [3.63, 3.8) is 0 Å². The zero-order valence-electron chi connectivity index (χ0n) is 13.4. The van der Waals surface area contributed by atoms with Crippen LogP contribution in [0.4, 0.5) is 5.00 Å². The summed E-state index contributed by atoms with van der Waals surface area (Å²) >= 11 is 5.04. The lowest BCUT2D eigenvalue weighted by Crippen LogP contribution is -2.31. The number of carboxylic acids is 1. The number of rotatable bonds is 8. The second-order valence-corrected chi connectivity index (χ2v) is 8.91. The molecule has 0 saturated heterocycles. The van der Waals surface area contributed by atoms with Crippen LogP contribution in [0.1, 0.15) is 16.1 Å². The molecular formula is C16H18N2O3S3. The number of carboxylic acid groups (broad SMARTS) is 1. The SMILES string of the molecule is CN(CCC(=O)O)CCN(C)c1cc2sc3cc(C=O)sc3c2s1. The highest BCUT2D eigenvalue weighted by atomic mass is 32.1. The van der Waals surface area contributed by atoms with Gasteiger partial charge in [-0.1, -0.05) is 0 Å². The third-order valence-electron chi connectivity index (χ3n) is 3.85. The quantitative estimate of drug-likeness (QED) is 0.600. The molecule has 0 aliphatic heterocycles. The molecule has 3 aromatic rings. The Kier molecular flexibility index (Phi) is 5.19. The molecule has 128 valence electrons. The van der Waals surface area contributed by atoms with Gasteiger partial charge >= 0.3 is 5.97 Å². The van der Waals surface area contributed by atoms with Crippen molar-refractivity contribution in [2.45, 2.75) is 6.42 Å². The van der Waals surface area contributed by atoms with Gasteiger partial charge in [-0.3, -0.25) is 9.59 Å². The first kappa shape index (κ1) is 17.3. The predicted octanol–water partition coefficient (Wildman–Crippen LogP) is 3.83. The van der Waals surface area contributed by atoms with Crippen molar-refractivity contribution in [3.8, 4) is 0 Å². The first-order chi connectivity index (χ1) is 11.5. The minimum Gasteiger partial charge on any atom is -0.481 e. The van der Waals surface area contributed by atoms with E-state index in [1.165, 1.54) is 23.8 Å². The first-order valence-electron chi connectivity index (χ1n) is 7.50. The van der Waals surface area contributed by atoms with Gasteiger partial charge in [0.15, 0.2) is 6.29 Å². The van der Waals surface area contributed by atoms with Crippen molar-refractivity contribution in [1.29, 1.82) is 0 Å². The highest BCUT2D eigenvalue weighted by Gasteiger charge is 2.15. The van der Waals surface area contributed by atoms with Crippen LogP contribution in [-0.4, -0.2) is 56.0 Å². The van der Waals surface area contributed by atoms with Gasteiger partial charge in [-0.25, -0.2) is 0 Å². The van der Waals surface area contributed by atoms with Crippen molar-refractivity contribution in [2.75, 3.05) is 38.6 Å². The predicted molar refractivity (Wildman–Crippen MR) is 103 cm³/mol. The Labute approximate surface area is 151 Å². The van der Waals surface area contributed by atoms with E-state index < -0.39 is 5.97 Å². The van der Waals surface area contributed by atoms with E-state index in [1.807, 2.05) is 18.0 Å². The fraction of sp³-hybridized carbons (Fsp3) is 0.375. The van der Waals surface area contributed by atoms with Gasteiger partial charge in [-0.15, -0.1) is 34.0 Å². The van der Waals surface area contributed by atoms with E-state index >= 15 is 0 Å². The van der Waals surface area contributed by atoms with Crippen LogP contribution in [0.5, 0.6) is 0 Å². The number of hydrogen-bond donors (Lipinski definition) is 1. The number of hydrogen-bond acceptors (Lipinski definition) is 7. The van der Waals surface area contributed by atoms with Crippen LogP contribution in [-0.2, 0) is 4.79 Å². The van der Waals surface area contributed by atoms with E-state index in [1.54, 1.807) is 34.0 Å². The van der Waals surface area contributed by atoms with Gasteiger partial charge in [0.2, 0.25) is 0 Å². The summed E-state index contributed by atoms with van der Waals surface area (Å²) in [4.78, 5) is 26.6. The van der Waals surface area contributed by atoms with Gasteiger partial charge < -0.3 is 14.9 Å². The van der Waals surface area contributed by atoms with E-state index in [9.17, 15) is 9.59 Å². The highest BCUT2D eigenvalue weighted by Crippen LogP contribution is 2.45. The molecule has 0 unspecified atom stereocenters. The third-order valence-corrected chi connectivity index (χ3v) is 7.66. The zero-order valence-corrected chi connectivity index (χ0v) is 15.9. The number of carbonyl (C=O) groups excluding carboxylic acids is 1. The molecule has 0 atom stereocenters. The van der Waals surface area contributed by atoms with Crippen LogP contribution in [0.25, 0.3) is 18.8 Å². The average Bonchev–Trinajstić information content (AvgIpc) is 3.20. The second-order valence-electron chi connectivity index (χ2n) is 5.71. The summed E-state index contributed by atoms with van der Waals surface area (Å²) in [6, 6.07) is 4.17. The first-order valence-corrected chi connectivity index (χ1v) is 9.95. The molecule has 0 fully saturated rings. The summed E-state index contributed by atoms with van der Waals surface area (Å²) in [5.74, 6) is -0.761. The molecule has 3 heterocycles. The van der Waals surface area contributed by atoms with Crippen LogP contribution >= 0.6 is 34.0 Å². The summed E-state index contributed by atoms with van der Waals surface area (Å²) in [5, 5.41) is 9.93. The van der Waals surface area contributed by atoms with Crippen molar-refractivity contribution >= 4 is 70.1 Å². The van der Waals surface area contributed by atoms with Gasteiger partial charge in [-0.05, 0) is 19.2 Å². The maximum Gasteiger partial charge on any atom is 0.304 e. The van der Waals surface area contributed by atoms with E-state index in [4.69, 9.17) is 5.11 Å². The van der Waals surface area contributed by atoms with Crippen LogP contribution in [0.3, 0.4) is 0 Å². The molecule has 0 aliphatic carbocycles. The van der Waals surface area contributed by atoms with Gasteiger partial charge in [-0.2, -0.15) is 0 Å². The number of aliphatic carboxylic acids is 1. The van der Waals surface area contributed by atoms with E-state index in [2.05, 4.69) is 18.0 Å².